The topological polar surface area (TPSA) is 66.5 Å². The minimum Gasteiger partial charge on any atom is -0.343 e. The third-order valence-electron chi connectivity index (χ3n) is 6.68. The van der Waals surface area contributed by atoms with Crippen molar-refractivity contribution in [3.63, 3.8) is 0 Å². The molecule has 168 valence electrons. The van der Waals surface area contributed by atoms with Crippen molar-refractivity contribution in [3.8, 4) is 0 Å². The van der Waals surface area contributed by atoms with Crippen LogP contribution in [0.2, 0.25) is 0 Å². The molecule has 5 heteroatoms. The highest BCUT2D eigenvalue weighted by Crippen LogP contribution is 2.34. The quantitative estimate of drug-likeness (QED) is 0.423. The highest BCUT2D eigenvalue weighted by atomic mass is 16.2. The van der Waals surface area contributed by atoms with Crippen LogP contribution in [0.3, 0.4) is 0 Å². The number of amides is 2. The van der Waals surface area contributed by atoms with E-state index in [-0.39, 0.29) is 30.1 Å². The van der Waals surface area contributed by atoms with E-state index >= 15 is 0 Å². The van der Waals surface area contributed by atoms with Gasteiger partial charge in [-0.05, 0) is 45.4 Å². The first-order valence-corrected chi connectivity index (χ1v) is 11.7. The minimum absolute atomic E-state index is 0.0316. The largest absolute Gasteiger partial charge is 0.343 e. The van der Waals surface area contributed by atoms with E-state index in [9.17, 15) is 14.4 Å². The lowest BCUT2D eigenvalue weighted by Gasteiger charge is -2.33. The van der Waals surface area contributed by atoms with Crippen molar-refractivity contribution in [1.29, 1.82) is 0 Å². The van der Waals surface area contributed by atoms with Crippen LogP contribution in [-0.4, -0.2) is 41.1 Å². The van der Waals surface area contributed by atoms with Crippen molar-refractivity contribution >= 4 is 17.6 Å². The van der Waals surface area contributed by atoms with Crippen LogP contribution in [0.15, 0.2) is 0 Å². The van der Waals surface area contributed by atoms with Crippen LogP contribution < -0.4 is 5.32 Å². The SMILES string of the molecule is CCCCCCCN(CC(=O)NC(C)(C)C(C)=O)C(=O)C(C)C(C)CC1CCC1. The zero-order valence-electron chi connectivity index (χ0n) is 19.7. The van der Waals surface area contributed by atoms with Gasteiger partial charge in [-0.1, -0.05) is 65.7 Å². The molecule has 2 unspecified atom stereocenters. The van der Waals surface area contributed by atoms with Crippen molar-refractivity contribution in [2.45, 2.75) is 105 Å². The second kappa shape index (κ2) is 12.3. The summed E-state index contributed by atoms with van der Waals surface area (Å²) in [6.07, 6.45) is 10.5. The molecule has 0 bridgehead atoms. The fourth-order valence-corrected chi connectivity index (χ4v) is 3.81. The summed E-state index contributed by atoms with van der Waals surface area (Å²) in [5.41, 5.74) is -0.907. The summed E-state index contributed by atoms with van der Waals surface area (Å²) in [4.78, 5) is 39.2. The summed E-state index contributed by atoms with van der Waals surface area (Å²) in [5, 5.41) is 2.79. The smallest absolute Gasteiger partial charge is 0.240 e. The maximum absolute atomic E-state index is 13.2. The Balaban J connectivity index is 2.70. The number of Topliss-reactive ketones (excluding diaryl/α,β-unsaturated/α-hetero) is 1. The van der Waals surface area contributed by atoms with E-state index in [4.69, 9.17) is 0 Å². The fourth-order valence-electron chi connectivity index (χ4n) is 3.81. The summed E-state index contributed by atoms with van der Waals surface area (Å²) in [6, 6.07) is 0. The average molecular weight is 409 g/mol. The normalized spacial score (nSPS) is 16.6. The minimum atomic E-state index is -0.907. The van der Waals surface area contributed by atoms with Gasteiger partial charge >= 0.3 is 0 Å². The van der Waals surface area contributed by atoms with E-state index in [1.54, 1.807) is 18.7 Å². The highest BCUT2D eigenvalue weighted by molar-refractivity contribution is 5.92. The van der Waals surface area contributed by atoms with Crippen LogP contribution in [-0.2, 0) is 14.4 Å². The number of carbonyl (C=O) groups excluding carboxylic acids is 3. The molecule has 0 aromatic heterocycles. The molecule has 1 saturated carbocycles. The van der Waals surface area contributed by atoms with Crippen LogP contribution in [0.5, 0.6) is 0 Å². The van der Waals surface area contributed by atoms with Gasteiger partial charge in [0, 0.05) is 12.5 Å². The first-order chi connectivity index (χ1) is 13.6. The third kappa shape index (κ3) is 8.88. The van der Waals surface area contributed by atoms with Gasteiger partial charge in [-0.3, -0.25) is 14.4 Å². The van der Waals surface area contributed by atoms with E-state index < -0.39 is 5.54 Å². The Bertz CT molecular complexity index is 540. The second-order valence-electron chi connectivity index (χ2n) is 9.70. The predicted molar refractivity (Wildman–Crippen MR) is 119 cm³/mol. The number of rotatable bonds is 14. The van der Waals surface area contributed by atoms with Gasteiger partial charge in [0.1, 0.15) is 0 Å². The zero-order valence-corrected chi connectivity index (χ0v) is 19.7. The van der Waals surface area contributed by atoms with Crippen molar-refractivity contribution in [2.75, 3.05) is 13.1 Å². The molecule has 0 heterocycles. The van der Waals surface area contributed by atoms with Gasteiger partial charge in [0.2, 0.25) is 11.8 Å². The molecule has 0 radical (unpaired) electrons. The molecule has 0 saturated heterocycles. The number of ketones is 1. The fraction of sp³-hybridized carbons (Fsp3) is 0.875. The number of nitrogens with one attached hydrogen (secondary N) is 1. The monoisotopic (exact) mass is 408 g/mol. The first-order valence-electron chi connectivity index (χ1n) is 11.7. The summed E-state index contributed by atoms with van der Waals surface area (Å²) in [7, 11) is 0. The summed E-state index contributed by atoms with van der Waals surface area (Å²) >= 11 is 0. The lowest BCUT2D eigenvalue weighted by atomic mass is 9.76. The number of carbonyl (C=O) groups is 3. The number of hydrogen-bond donors (Lipinski definition) is 1. The van der Waals surface area contributed by atoms with Gasteiger partial charge in [-0.25, -0.2) is 0 Å². The Kier molecular flexibility index (Phi) is 10.9. The molecule has 1 N–H and O–H groups in total. The maximum Gasteiger partial charge on any atom is 0.240 e. The van der Waals surface area contributed by atoms with Crippen LogP contribution >= 0.6 is 0 Å². The van der Waals surface area contributed by atoms with E-state index in [0.29, 0.717) is 12.5 Å². The van der Waals surface area contributed by atoms with Crippen LogP contribution in [0.4, 0.5) is 0 Å². The van der Waals surface area contributed by atoms with Crippen LogP contribution in [0, 0.1) is 17.8 Å². The van der Waals surface area contributed by atoms with Gasteiger partial charge in [0.25, 0.3) is 0 Å². The van der Waals surface area contributed by atoms with Crippen molar-refractivity contribution in [3.05, 3.63) is 0 Å². The molecular weight excluding hydrogens is 364 g/mol. The van der Waals surface area contributed by atoms with Gasteiger partial charge < -0.3 is 10.2 Å². The molecule has 2 amide bonds. The molecule has 0 aromatic carbocycles. The molecule has 0 aliphatic heterocycles. The Hall–Kier alpha value is -1.39. The molecule has 2 atom stereocenters. The van der Waals surface area contributed by atoms with Crippen molar-refractivity contribution in [2.24, 2.45) is 17.8 Å². The lowest BCUT2D eigenvalue weighted by Crippen LogP contribution is -2.53. The molecule has 1 aliphatic carbocycles. The molecule has 0 spiro atoms. The number of unbranched alkanes of at least 4 members (excludes halogenated alkanes) is 4. The molecule has 0 aromatic rings. The van der Waals surface area contributed by atoms with E-state index in [1.807, 2.05) is 6.92 Å². The summed E-state index contributed by atoms with van der Waals surface area (Å²) in [6.45, 7) is 11.9. The lowest BCUT2D eigenvalue weighted by molar-refractivity contribution is -0.141. The van der Waals surface area contributed by atoms with Gasteiger partial charge in [-0.2, -0.15) is 0 Å². The van der Waals surface area contributed by atoms with Crippen molar-refractivity contribution in [1.82, 2.24) is 10.2 Å². The van der Waals surface area contributed by atoms with E-state index in [0.717, 1.165) is 31.6 Å². The Morgan fingerprint density at radius 1 is 1.07 bits per heavy atom. The first kappa shape index (κ1) is 25.6. The molecule has 1 aliphatic rings. The molecule has 29 heavy (non-hydrogen) atoms. The van der Waals surface area contributed by atoms with Gasteiger partial charge in [0.15, 0.2) is 5.78 Å². The highest BCUT2D eigenvalue weighted by Gasteiger charge is 2.31. The zero-order chi connectivity index (χ0) is 22.0. The second-order valence-corrected chi connectivity index (χ2v) is 9.70. The standard InChI is InChI=1S/C24H44N2O3/c1-7-8-9-10-11-15-26(17-22(28)25-24(5,6)20(4)27)23(29)19(3)18(2)16-21-13-12-14-21/h18-19,21H,7-17H2,1-6H3,(H,25,28). The van der Waals surface area contributed by atoms with E-state index in [2.05, 4.69) is 19.2 Å². The number of nitrogens with zero attached hydrogens (tertiary/aromatic N) is 1. The van der Waals surface area contributed by atoms with Gasteiger partial charge in [-0.15, -0.1) is 0 Å². The Morgan fingerprint density at radius 2 is 1.69 bits per heavy atom. The van der Waals surface area contributed by atoms with Crippen LogP contribution in [0.1, 0.15) is 99.3 Å². The number of hydrogen-bond acceptors (Lipinski definition) is 3. The van der Waals surface area contributed by atoms with Crippen LogP contribution in [0.25, 0.3) is 0 Å². The maximum atomic E-state index is 13.2. The Morgan fingerprint density at radius 3 is 2.21 bits per heavy atom. The predicted octanol–water partition coefficient (Wildman–Crippen LogP) is 4.73. The summed E-state index contributed by atoms with van der Waals surface area (Å²) < 4.78 is 0. The molecular formula is C24H44N2O3. The summed E-state index contributed by atoms with van der Waals surface area (Å²) in [5.74, 6) is 0.731. The third-order valence-corrected chi connectivity index (χ3v) is 6.68. The van der Waals surface area contributed by atoms with E-state index in [1.165, 1.54) is 39.0 Å². The van der Waals surface area contributed by atoms with Gasteiger partial charge in [0.05, 0.1) is 12.1 Å². The van der Waals surface area contributed by atoms with Crippen molar-refractivity contribution < 1.29 is 14.4 Å². The average Bonchev–Trinajstić information content (AvgIpc) is 2.61. The molecule has 5 nitrogen and oxygen atoms in total. The molecule has 1 fully saturated rings. The molecule has 1 rings (SSSR count). The Labute approximate surface area is 178 Å².